The quantitative estimate of drug-likeness (QED) is 0.0711. The Morgan fingerprint density at radius 2 is 1.68 bits per heavy atom. The highest BCUT2D eigenvalue weighted by atomic mass is 32.2. The molecule has 15 heteroatoms. The van der Waals surface area contributed by atoms with Crippen LogP contribution in [0.4, 0.5) is 0 Å². The van der Waals surface area contributed by atoms with Crippen LogP contribution >= 0.6 is 11.3 Å². The number of fused-ring (bicyclic) bond motifs is 2. The van der Waals surface area contributed by atoms with Gasteiger partial charge in [0.25, 0.3) is 0 Å². The van der Waals surface area contributed by atoms with Crippen LogP contribution in [0.3, 0.4) is 0 Å². The van der Waals surface area contributed by atoms with Crippen molar-refractivity contribution in [3.05, 3.63) is 48.1 Å². The zero-order valence-corrected chi connectivity index (χ0v) is 38.7. The minimum Gasteiger partial charge on any atom is -0.468 e. The molecular formula is C41H61NO10S2Si2. The normalized spacial score (nSPS) is 30.6. The van der Waals surface area contributed by atoms with Crippen molar-refractivity contribution in [3.63, 3.8) is 0 Å². The number of rotatable bonds is 16. The third-order valence-corrected chi connectivity index (χ3v) is 26.2. The van der Waals surface area contributed by atoms with Crippen LogP contribution in [0.25, 0.3) is 10.2 Å². The van der Waals surface area contributed by atoms with Gasteiger partial charge in [0.1, 0.15) is 5.75 Å². The van der Waals surface area contributed by atoms with Gasteiger partial charge < -0.3 is 27.8 Å². The molecule has 6 rings (SSSR count). The molecule has 56 heavy (non-hydrogen) atoms. The number of ether oxygens (including phenoxy) is 4. The Morgan fingerprint density at radius 3 is 2.27 bits per heavy atom. The average molecular weight is 848 g/mol. The summed E-state index contributed by atoms with van der Waals surface area (Å²) in [6, 6.07) is 9.73. The predicted octanol–water partition coefficient (Wildman–Crippen LogP) is 7.74. The van der Waals surface area contributed by atoms with Crippen LogP contribution in [0, 0.1) is 29.1 Å². The molecule has 0 saturated carbocycles. The van der Waals surface area contributed by atoms with E-state index in [-0.39, 0.29) is 21.9 Å². The van der Waals surface area contributed by atoms with Crippen LogP contribution in [-0.2, 0) is 47.2 Å². The van der Waals surface area contributed by atoms with E-state index in [9.17, 15) is 13.2 Å². The van der Waals surface area contributed by atoms with E-state index in [4.69, 9.17) is 27.8 Å². The zero-order valence-electron chi connectivity index (χ0n) is 35.1. The van der Waals surface area contributed by atoms with Gasteiger partial charge in [-0.1, -0.05) is 71.9 Å². The number of benzene rings is 1. The second-order valence-electron chi connectivity index (χ2n) is 18.0. The summed E-state index contributed by atoms with van der Waals surface area (Å²) in [5, 5.41) is -0.0288. The van der Waals surface area contributed by atoms with Crippen molar-refractivity contribution in [1.29, 1.82) is 0 Å². The molecule has 0 radical (unpaired) electrons. The molecule has 1 aromatic heterocycles. The molecule has 0 N–H and O–H groups in total. The summed E-state index contributed by atoms with van der Waals surface area (Å²) < 4.78 is 68.8. The summed E-state index contributed by atoms with van der Waals surface area (Å²) in [7, 11) is -6.07. The molecule has 4 aliphatic rings. The van der Waals surface area contributed by atoms with Gasteiger partial charge in [-0.05, 0) is 67.8 Å². The number of hydrogen-bond acceptors (Lipinski definition) is 12. The lowest BCUT2D eigenvalue weighted by molar-refractivity contribution is -0.194. The maximum absolute atomic E-state index is 15.5. The van der Waals surface area contributed by atoms with Gasteiger partial charge in [-0.25, -0.2) is 13.4 Å². The van der Waals surface area contributed by atoms with Crippen molar-refractivity contribution in [3.8, 4) is 0 Å². The molecule has 2 aromatic rings. The van der Waals surface area contributed by atoms with Crippen LogP contribution in [-0.4, -0.2) is 98.6 Å². The molecule has 1 aliphatic carbocycles. The van der Waals surface area contributed by atoms with Crippen molar-refractivity contribution < 1.29 is 45.8 Å². The molecule has 0 amide bonds. The van der Waals surface area contributed by atoms with Gasteiger partial charge in [0.15, 0.2) is 33.6 Å². The summed E-state index contributed by atoms with van der Waals surface area (Å²) in [6.07, 6.45) is 4.44. The molecule has 3 aliphatic heterocycles. The maximum Gasteiger partial charge on any atom is 0.322 e. The minimum atomic E-state index is -4.34. The van der Waals surface area contributed by atoms with E-state index >= 15 is 4.79 Å². The number of esters is 1. The number of nitrogens with zero attached hydrogens (tertiary/aromatic N) is 1. The molecule has 0 unspecified atom stereocenters. The number of aromatic nitrogens is 1. The first-order valence-corrected chi connectivity index (χ1v) is 27.8. The maximum atomic E-state index is 15.5. The third-order valence-electron chi connectivity index (χ3n) is 13.9. The Morgan fingerprint density at radius 1 is 1.02 bits per heavy atom. The Balaban J connectivity index is 1.53. The number of methoxy groups -OCH3 is 2. The summed E-state index contributed by atoms with van der Waals surface area (Å²) in [4.78, 5) is 34.8. The largest absolute Gasteiger partial charge is 0.468 e. The van der Waals surface area contributed by atoms with Crippen LogP contribution in [0.1, 0.15) is 55.4 Å². The second kappa shape index (κ2) is 15.2. The smallest absolute Gasteiger partial charge is 0.322 e. The van der Waals surface area contributed by atoms with E-state index in [1.807, 2.05) is 26.0 Å². The van der Waals surface area contributed by atoms with Gasteiger partial charge >= 0.3 is 5.97 Å². The van der Waals surface area contributed by atoms with Gasteiger partial charge in [0.2, 0.25) is 14.2 Å². The molecular weight excluding hydrogens is 787 g/mol. The number of Topliss-reactive ketones (excluding diaryl/α,β-unsaturated/α-hetero) is 1. The second-order valence-corrected chi connectivity index (χ2v) is 30.7. The Hall–Kier alpha value is -2.09. The first-order valence-electron chi connectivity index (χ1n) is 19.9. The molecule has 310 valence electrons. The number of sulfone groups is 1. The summed E-state index contributed by atoms with van der Waals surface area (Å²) in [5.74, 6) is -6.69. The molecule has 4 heterocycles. The molecule has 2 fully saturated rings. The van der Waals surface area contributed by atoms with Crippen molar-refractivity contribution >= 4 is 59.8 Å². The number of thiazole rings is 1. The monoisotopic (exact) mass is 847 g/mol. The van der Waals surface area contributed by atoms with Crippen LogP contribution in [0.2, 0.25) is 36.3 Å². The lowest BCUT2D eigenvalue weighted by atomic mass is 9.52. The number of carbonyl (C=O) groups excluding carboxylic acids is 2. The standard InChI is InChI=1S/C41H61NO10S2Si2/c1-13-56(14-2,15-3)52-33-26(24-50-55(11,12)38(4,5)6)20-21-27(33)34-40(36(44)47-9,35-32(39(7,8)48-10)28-22-23-49-41(28,34)51-35)31(43)25-54(45,46)37-42-29-18-16-17-19-30(29)53-37/h16-22,26-27,32-35H,13-15,23-25H2,1-12H3/t26-,27-,32+,33+,34-,35+,40-,41-/m1/s1. The van der Waals surface area contributed by atoms with E-state index in [1.54, 1.807) is 31.4 Å². The molecule has 2 bridgehead atoms. The Bertz CT molecular complexity index is 1960. The van der Waals surface area contributed by atoms with Crippen LogP contribution < -0.4 is 0 Å². The van der Waals surface area contributed by atoms with Gasteiger partial charge in [-0.15, -0.1) is 11.3 Å². The fourth-order valence-electron chi connectivity index (χ4n) is 9.34. The van der Waals surface area contributed by atoms with Crippen molar-refractivity contribution in [1.82, 2.24) is 4.98 Å². The van der Waals surface area contributed by atoms with Crippen molar-refractivity contribution in [2.75, 3.05) is 33.2 Å². The molecule has 1 aromatic carbocycles. The molecule has 1 spiro atoms. The van der Waals surface area contributed by atoms with E-state index in [0.717, 1.165) is 35.0 Å². The van der Waals surface area contributed by atoms with Crippen molar-refractivity contribution in [2.24, 2.45) is 29.1 Å². The van der Waals surface area contributed by atoms with Gasteiger partial charge in [-0.2, -0.15) is 0 Å². The lowest BCUT2D eigenvalue weighted by Crippen LogP contribution is -2.65. The first kappa shape index (κ1) is 43.5. The van der Waals surface area contributed by atoms with Gasteiger partial charge in [-0.3, -0.25) is 9.59 Å². The summed E-state index contributed by atoms with van der Waals surface area (Å²) in [6.45, 7) is 21.9. The fraction of sp³-hybridized carbons (Fsp3) is 0.683. The average Bonchev–Trinajstić information content (AvgIpc) is 3.97. The van der Waals surface area contributed by atoms with E-state index in [2.05, 4.69) is 65.7 Å². The van der Waals surface area contributed by atoms with Crippen LogP contribution in [0.15, 0.2) is 52.4 Å². The van der Waals surface area contributed by atoms with E-state index in [0.29, 0.717) is 16.8 Å². The third kappa shape index (κ3) is 6.78. The fourth-order valence-corrected chi connectivity index (χ4v) is 15.9. The number of ketones is 1. The highest BCUT2D eigenvalue weighted by molar-refractivity contribution is 7.94. The van der Waals surface area contributed by atoms with Gasteiger partial charge in [0, 0.05) is 31.5 Å². The predicted molar refractivity (Wildman–Crippen MR) is 222 cm³/mol. The highest BCUT2D eigenvalue weighted by Crippen LogP contribution is 2.70. The Kier molecular flexibility index (Phi) is 11.8. The highest BCUT2D eigenvalue weighted by Gasteiger charge is 2.83. The lowest BCUT2D eigenvalue weighted by Gasteiger charge is -2.50. The van der Waals surface area contributed by atoms with Gasteiger partial charge in [0.05, 0.1) is 47.7 Å². The van der Waals surface area contributed by atoms with E-state index in [1.165, 1.54) is 7.11 Å². The number of carbonyl (C=O) groups is 2. The minimum absolute atomic E-state index is 0.0288. The molecule has 8 atom stereocenters. The number of para-hydroxylation sites is 1. The van der Waals surface area contributed by atoms with E-state index < -0.39 is 90.7 Å². The SMILES string of the molecule is CC[Si](CC)(CC)O[C@@H]1[C@H]([C@H]2[C@@]34OCC=C3[C@H](C(C)(C)OC)[C@H](O4)[C@]2(C(=O)CS(=O)(=O)c2nc3ccccc3s2)C(=O)OC)C=C[C@@H]1CO[Si](C)(C)C(C)(C)C. The number of hydrogen-bond donors (Lipinski definition) is 0. The van der Waals surface area contributed by atoms with Crippen molar-refractivity contribution in [2.45, 2.75) is 120 Å². The zero-order chi connectivity index (χ0) is 41.3. The Labute approximate surface area is 339 Å². The first-order chi connectivity index (χ1) is 26.1. The molecule has 11 nitrogen and oxygen atoms in total. The summed E-state index contributed by atoms with van der Waals surface area (Å²) >= 11 is 1.000. The van der Waals surface area contributed by atoms with Crippen LogP contribution in [0.5, 0.6) is 0 Å². The topological polar surface area (TPSA) is 137 Å². The molecule has 2 saturated heterocycles. The summed E-state index contributed by atoms with van der Waals surface area (Å²) in [5.41, 5.74) is -1.77.